The first-order chi connectivity index (χ1) is 5.69. The summed E-state index contributed by atoms with van der Waals surface area (Å²) in [5, 5.41) is 0. The summed E-state index contributed by atoms with van der Waals surface area (Å²) in [6.45, 7) is 0.544. The van der Waals surface area contributed by atoms with Crippen LogP contribution < -0.4 is 10.5 Å². The highest BCUT2D eigenvalue weighted by molar-refractivity contribution is 14.1. The Bertz CT molecular complexity index is 265. The topological polar surface area (TPSA) is 35.2 Å². The van der Waals surface area contributed by atoms with Crippen molar-refractivity contribution >= 4 is 38.5 Å². The molecule has 4 heteroatoms. The molecule has 1 rings (SSSR count). The zero-order valence-corrected chi connectivity index (χ0v) is 10.3. The second kappa shape index (κ2) is 4.43. The number of benzene rings is 1. The summed E-state index contributed by atoms with van der Waals surface area (Å²) >= 11 is 5.65. The highest BCUT2D eigenvalue weighted by Gasteiger charge is 2.04. The number of halogens is 2. The van der Waals surface area contributed by atoms with Gasteiger partial charge in [-0.15, -0.1) is 0 Å². The van der Waals surface area contributed by atoms with Crippen molar-refractivity contribution in [3.63, 3.8) is 0 Å². The fourth-order valence-corrected chi connectivity index (χ4v) is 2.50. The monoisotopic (exact) mass is 341 g/mol. The average Bonchev–Trinajstić information content (AvgIpc) is 2.05. The molecule has 66 valence electrons. The summed E-state index contributed by atoms with van der Waals surface area (Å²) in [7, 11) is 1.65. The van der Waals surface area contributed by atoms with Gasteiger partial charge in [-0.2, -0.15) is 0 Å². The fourth-order valence-electron chi connectivity index (χ4n) is 0.884. The Morgan fingerprint density at radius 1 is 1.58 bits per heavy atom. The van der Waals surface area contributed by atoms with Crippen LogP contribution in [0.4, 0.5) is 0 Å². The normalized spacial score (nSPS) is 10.0. The molecule has 0 aliphatic heterocycles. The summed E-state index contributed by atoms with van der Waals surface area (Å²) in [6.07, 6.45) is 0. The Labute approximate surface area is 93.7 Å². The number of ether oxygens (including phenoxy) is 1. The molecule has 1 aromatic carbocycles. The lowest BCUT2D eigenvalue weighted by Gasteiger charge is -2.07. The van der Waals surface area contributed by atoms with Crippen LogP contribution in [0.5, 0.6) is 5.75 Å². The van der Waals surface area contributed by atoms with E-state index in [1.807, 2.05) is 12.1 Å². The Hall–Kier alpha value is 0.190. The van der Waals surface area contributed by atoms with Crippen LogP contribution in [0.1, 0.15) is 5.56 Å². The van der Waals surface area contributed by atoms with E-state index in [1.165, 1.54) is 0 Å². The van der Waals surface area contributed by atoms with Gasteiger partial charge in [0.1, 0.15) is 5.75 Å². The summed E-state index contributed by atoms with van der Waals surface area (Å²) in [5.41, 5.74) is 6.66. The first-order valence-corrected chi connectivity index (χ1v) is 5.28. The smallest absolute Gasteiger partial charge is 0.133 e. The van der Waals surface area contributed by atoms with Gasteiger partial charge in [0.15, 0.2) is 0 Å². The molecule has 0 atom stereocenters. The molecular formula is C8H9BrINO. The van der Waals surface area contributed by atoms with E-state index in [9.17, 15) is 0 Å². The number of nitrogens with two attached hydrogens (primary N) is 1. The third-order valence-corrected chi connectivity index (χ3v) is 3.16. The lowest BCUT2D eigenvalue weighted by atomic mass is 10.2. The van der Waals surface area contributed by atoms with Crippen LogP contribution >= 0.6 is 38.5 Å². The van der Waals surface area contributed by atoms with Crippen molar-refractivity contribution in [2.75, 3.05) is 7.11 Å². The van der Waals surface area contributed by atoms with E-state index in [0.717, 1.165) is 19.4 Å². The molecule has 0 bridgehead atoms. The van der Waals surface area contributed by atoms with Gasteiger partial charge in [0.05, 0.1) is 11.6 Å². The van der Waals surface area contributed by atoms with Gasteiger partial charge in [-0.25, -0.2) is 0 Å². The number of hydrogen-bond donors (Lipinski definition) is 1. The number of rotatable bonds is 2. The van der Waals surface area contributed by atoms with Gasteiger partial charge in [0.25, 0.3) is 0 Å². The molecule has 0 aliphatic carbocycles. The van der Waals surface area contributed by atoms with Gasteiger partial charge in [-0.3, -0.25) is 0 Å². The Balaban J connectivity index is 3.18. The second-order valence-corrected chi connectivity index (χ2v) is 4.30. The molecule has 0 spiro atoms. The largest absolute Gasteiger partial charge is 0.496 e. The van der Waals surface area contributed by atoms with Crippen molar-refractivity contribution in [3.05, 3.63) is 25.7 Å². The maximum absolute atomic E-state index is 5.55. The van der Waals surface area contributed by atoms with Gasteiger partial charge in [-0.1, -0.05) is 0 Å². The van der Waals surface area contributed by atoms with Crippen LogP contribution in [0.2, 0.25) is 0 Å². The van der Waals surface area contributed by atoms with Crippen LogP contribution in [0.25, 0.3) is 0 Å². The first kappa shape index (κ1) is 10.3. The third kappa shape index (κ3) is 2.11. The van der Waals surface area contributed by atoms with Crippen molar-refractivity contribution in [2.45, 2.75) is 6.54 Å². The van der Waals surface area contributed by atoms with E-state index in [0.29, 0.717) is 6.54 Å². The van der Waals surface area contributed by atoms with Crippen LogP contribution in [-0.4, -0.2) is 7.11 Å². The van der Waals surface area contributed by atoms with Gasteiger partial charge in [0, 0.05) is 10.1 Å². The van der Waals surface area contributed by atoms with Crippen molar-refractivity contribution in [2.24, 2.45) is 5.73 Å². The standard InChI is InChI=1S/C8H9BrINO/c1-12-8-2-5(4-11)7(10)3-6(8)9/h2-3H,4,11H2,1H3. The van der Waals surface area contributed by atoms with E-state index < -0.39 is 0 Å². The zero-order chi connectivity index (χ0) is 9.14. The van der Waals surface area contributed by atoms with E-state index in [2.05, 4.69) is 38.5 Å². The van der Waals surface area contributed by atoms with Crippen LogP contribution in [-0.2, 0) is 6.54 Å². The third-order valence-electron chi connectivity index (χ3n) is 1.54. The number of methoxy groups -OCH3 is 1. The molecule has 0 saturated heterocycles. The second-order valence-electron chi connectivity index (χ2n) is 2.28. The van der Waals surface area contributed by atoms with E-state index in [4.69, 9.17) is 10.5 Å². The predicted octanol–water partition coefficient (Wildman–Crippen LogP) is 2.52. The van der Waals surface area contributed by atoms with E-state index in [-0.39, 0.29) is 0 Å². The maximum atomic E-state index is 5.55. The molecule has 0 fully saturated rings. The van der Waals surface area contributed by atoms with Gasteiger partial charge in [-0.05, 0) is 56.2 Å². The quantitative estimate of drug-likeness (QED) is 0.839. The molecule has 0 amide bonds. The van der Waals surface area contributed by atoms with Crippen molar-refractivity contribution < 1.29 is 4.74 Å². The lowest BCUT2D eigenvalue weighted by molar-refractivity contribution is 0.411. The summed E-state index contributed by atoms with van der Waals surface area (Å²) in [4.78, 5) is 0. The zero-order valence-electron chi connectivity index (χ0n) is 6.60. The highest BCUT2D eigenvalue weighted by atomic mass is 127. The molecule has 0 radical (unpaired) electrons. The van der Waals surface area contributed by atoms with Crippen molar-refractivity contribution in [1.29, 1.82) is 0 Å². The number of hydrogen-bond acceptors (Lipinski definition) is 2. The molecular weight excluding hydrogens is 333 g/mol. The molecule has 0 aliphatic rings. The van der Waals surface area contributed by atoms with Crippen molar-refractivity contribution in [3.8, 4) is 5.75 Å². The van der Waals surface area contributed by atoms with E-state index in [1.54, 1.807) is 7.11 Å². The van der Waals surface area contributed by atoms with Gasteiger partial charge < -0.3 is 10.5 Å². The van der Waals surface area contributed by atoms with E-state index >= 15 is 0 Å². The maximum Gasteiger partial charge on any atom is 0.133 e. The minimum Gasteiger partial charge on any atom is -0.496 e. The van der Waals surface area contributed by atoms with Gasteiger partial charge >= 0.3 is 0 Å². The lowest BCUT2D eigenvalue weighted by Crippen LogP contribution is -2.00. The predicted molar refractivity (Wildman–Crippen MR) is 61.3 cm³/mol. The summed E-state index contributed by atoms with van der Waals surface area (Å²) in [5.74, 6) is 0.830. The highest BCUT2D eigenvalue weighted by Crippen LogP contribution is 2.28. The Kier molecular flexibility index (Phi) is 3.79. The van der Waals surface area contributed by atoms with Crippen LogP contribution in [0, 0.1) is 3.57 Å². The molecule has 0 unspecified atom stereocenters. The minimum absolute atomic E-state index is 0.544. The average molecular weight is 342 g/mol. The van der Waals surface area contributed by atoms with Crippen LogP contribution in [0.3, 0.4) is 0 Å². The molecule has 0 saturated carbocycles. The molecule has 1 aromatic rings. The molecule has 12 heavy (non-hydrogen) atoms. The fraction of sp³-hybridized carbons (Fsp3) is 0.250. The molecule has 0 aromatic heterocycles. The molecule has 2 nitrogen and oxygen atoms in total. The molecule has 0 heterocycles. The van der Waals surface area contributed by atoms with Gasteiger partial charge in [0.2, 0.25) is 0 Å². The minimum atomic E-state index is 0.544. The summed E-state index contributed by atoms with van der Waals surface area (Å²) in [6, 6.07) is 3.95. The Morgan fingerprint density at radius 2 is 2.25 bits per heavy atom. The SMILES string of the molecule is COc1cc(CN)c(I)cc1Br. The summed E-state index contributed by atoms with van der Waals surface area (Å²) < 4.78 is 7.26. The Morgan fingerprint density at radius 3 is 2.75 bits per heavy atom. The van der Waals surface area contributed by atoms with Crippen LogP contribution in [0.15, 0.2) is 16.6 Å². The van der Waals surface area contributed by atoms with Crippen molar-refractivity contribution in [1.82, 2.24) is 0 Å². The first-order valence-electron chi connectivity index (χ1n) is 3.41. The molecule has 2 N–H and O–H groups in total.